The van der Waals surface area contributed by atoms with Gasteiger partial charge in [0.05, 0.1) is 5.54 Å². The number of hydrogen-bond donors (Lipinski definition) is 2. The predicted molar refractivity (Wildman–Crippen MR) is 80.8 cm³/mol. The second-order valence-corrected chi connectivity index (χ2v) is 7.10. The molecule has 2 aliphatic heterocycles. The molecule has 4 nitrogen and oxygen atoms in total. The summed E-state index contributed by atoms with van der Waals surface area (Å²) in [6.45, 7) is 1.94. The summed E-state index contributed by atoms with van der Waals surface area (Å²) < 4.78 is 5.24. The van der Waals surface area contributed by atoms with Crippen molar-refractivity contribution in [3.8, 4) is 0 Å². The van der Waals surface area contributed by atoms with E-state index in [1.807, 2.05) is 23.5 Å². The Hall–Kier alpha value is 0.380. The molecule has 2 heterocycles. The quantitative estimate of drug-likeness (QED) is 0.810. The number of carbonyl (C=O) groups excluding carboxylic acids is 1. The van der Waals surface area contributed by atoms with Gasteiger partial charge in [0, 0.05) is 42.3 Å². The average molecular weight is 313 g/mol. The van der Waals surface area contributed by atoms with Crippen molar-refractivity contribution < 1.29 is 9.53 Å². The molecule has 0 spiro atoms. The maximum Gasteiger partial charge on any atom is 0.240 e. The van der Waals surface area contributed by atoms with Crippen molar-refractivity contribution in [1.82, 2.24) is 5.32 Å². The Labute approximate surface area is 123 Å². The summed E-state index contributed by atoms with van der Waals surface area (Å²) in [7, 11) is 0. The lowest BCUT2D eigenvalue weighted by Crippen LogP contribution is -2.57. The van der Waals surface area contributed by atoms with Crippen LogP contribution < -0.4 is 11.1 Å². The Bertz CT molecular complexity index is 270. The van der Waals surface area contributed by atoms with Gasteiger partial charge in [0.15, 0.2) is 0 Å². The largest absolute Gasteiger partial charge is 0.381 e. The normalized spacial score (nSPS) is 27.1. The van der Waals surface area contributed by atoms with E-state index in [2.05, 4.69) is 5.32 Å². The van der Waals surface area contributed by atoms with Crippen molar-refractivity contribution in [3.63, 3.8) is 0 Å². The van der Waals surface area contributed by atoms with Gasteiger partial charge >= 0.3 is 0 Å². The van der Waals surface area contributed by atoms with E-state index in [1.165, 1.54) is 11.5 Å². The second kappa shape index (κ2) is 7.85. The lowest BCUT2D eigenvalue weighted by Gasteiger charge is -2.32. The summed E-state index contributed by atoms with van der Waals surface area (Å²) in [4.78, 5) is 12.1. The van der Waals surface area contributed by atoms with Gasteiger partial charge in [0.25, 0.3) is 0 Å². The molecule has 2 rings (SSSR count). The maximum atomic E-state index is 12.1. The standard InChI is InChI=1S/C11H20N2O2S2.ClH/c12-11(1-3-15-4-2-11)10(14)13-7-9-8-16-5-6-17-9;/h9H,1-8,12H2,(H,13,14);1H. The molecule has 1 atom stereocenters. The molecule has 1 unspecified atom stereocenters. The van der Waals surface area contributed by atoms with E-state index >= 15 is 0 Å². The summed E-state index contributed by atoms with van der Waals surface area (Å²) in [6.07, 6.45) is 1.26. The van der Waals surface area contributed by atoms with E-state index in [1.54, 1.807) is 0 Å². The SMILES string of the molecule is Cl.NC1(C(=O)NCC2CSCCS2)CCOCC1. The Morgan fingerprint density at radius 2 is 2.11 bits per heavy atom. The van der Waals surface area contributed by atoms with Gasteiger partial charge in [-0.1, -0.05) is 0 Å². The van der Waals surface area contributed by atoms with Crippen LogP contribution in [0.4, 0.5) is 0 Å². The molecule has 0 saturated carbocycles. The van der Waals surface area contributed by atoms with Gasteiger partial charge in [-0.05, 0) is 12.8 Å². The van der Waals surface area contributed by atoms with Crippen LogP contribution in [-0.2, 0) is 9.53 Å². The molecular formula is C11H21ClN2O2S2. The molecule has 0 radical (unpaired) electrons. The number of amides is 1. The summed E-state index contributed by atoms with van der Waals surface area (Å²) in [5.41, 5.74) is 5.41. The third-order valence-electron chi connectivity index (χ3n) is 3.21. The van der Waals surface area contributed by atoms with Crippen molar-refractivity contribution in [1.29, 1.82) is 0 Å². The lowest BCUT2D eigenvalue weighted by atomic mass is 9.90. The second-order valence-electron chi connectivity index (χ2n) is 4.55. The average Bonchev–Trinajstić information content (AvgIpc) is 2.38. The summed E-state index contributed by atoms with van der Waals surface area (Å²) in [5, 5.41) is 3.55. The van der Waals surface area contributed by atoms with E-state index < -0.39 is 5.54 Å². The molecule has 1 amide bonds. The first-order chi connectivity index (χ1) is 8.21. The molecule has 0 aliphatic carbocycles. The van der Waals surface area contributed by atoms with E-state index in [-0.39, 0.29) is 18.3 Å². The molecule has 2 saturated heterocycles. The smallest absolute Gasteiger partial charge is 0.240 e. The van der Waals surface area contributed by atoms with Gasteiger partial charge in [-0.25, -0.2) is 0 Å². The number of ether oxygens (including phenoxy) is 1. The number of halogens is 1. The highest BCUT2D eigenvalue weighted by Gasteiger charge is 2.35. The fraction of sp³-hybridized carbons (Fsp3) is 0.909. The minimum Gasteiger partial charge on any atom is -0.381 e. The molecule has 2 fully saturated rings. The third kappa shape index (κ3) is 4.49. The zero-order valence-corrected chi connectivity index (χ0v) is 12.8. The van der Waals surface area contributed by atoms with Crippen LogP contribution in [0.25, 0.3) is 0 Å². The first-order valence-electron chi connectivity index (χ1n) is 6.05. The molecule has 2 aliphatic rings. The topological polar surface area (TPSA) is 64.4 Å². The molecule has 0 bridgehead atoms. The molecule has 3 N–H and O–H groups in total. The van der Waals surface area contributed by atoms with Crippen LogP contribution in [0.1, 0.15) is 12.8 Å². The fourth-order valence-electron chi connectivity index (χ4n) is 2.00. The fourth-order valence-corrected chi connectivity index (χ4v) is 4.61. The summed E-state index contributed by atoms with van der Waals surface area (Å²) in [5.74, 6) is 3.54. The molecule has 7 heteroatoms. The number of nitrogens with two attached hydrogens (primary N) is 1. The zero-order valence-electron chi connectivity index (χ0n) is 10.4. The highest BCUT2D eigenvalue weighted by molar-refractivity contribution is 8.06. The summed E-state index contributed by atoms with van der Waals surface area (Å²) in [6, 6.07) is 0. The Morgan fingerprint density at radius 1 is 1.39 bits per heavy atom. The van der Waals surface area contributed by atoms with Crippen molar-refractivity contribution in [2.24, 2.45) is 5.73 Å². The Morgan fingerprint density at radius 3 is 2.72 bits per heavy atom. The third-order valence-corrected chi connectivity index (χ3v) is 6.06. The van der Waals surface area contributed by atoms with Gasteiger partial charge in [-0.2, -0.15) is 23.5 Å². The monoisotopic (exact) mass is 312 g/mol. The molecule has 18 heavy (non-hydrogen) atoms. The molecular weight excluding hydrogens is 292 g/mol. The molecule has 0 aromatic heterocycles. The van der Waals surface area contributed by atoms with Gasteiger partial charge in [0.2, 0.25) is 5.91 Å². The van der Waals surface area contributed by atoms with Crippen molar-refractivity contribution in [2.45, 2.75) is 23.6 Å². The van der Waals surface area contributed by atoms with Gasteiger partial charge < -0.3 is 15.8 Å². The number of rotatable bonds is 3. The van der Waals surface area contributed by atoms with Crippen LogP contribution in [0, 0.1) is 0 Å². The van der Waals surface area contributed by atoms with Crippen molar-refractivity contribution in [2.75, 3.05) is 37.0 Å². The van der Waals surface area contributed by atoms with Crippen LogP contribution in [0.15, 0.2) is 0 Å². The van der Waals surface area contributed by atoms with Crippen LogP contribution in [-0.4, -0.2) is 53.7 Å². The first kappa shape index (κ1) is 16.4. The van der Waals surface area contributed by atoms with Gasteiger partial charge in [-0.3, -0.25) is 4.79 Å². The molecule has 0 aromatic rings. The van der Waals surface area contributed by atoms with E-state index in [9.17, 15) is 4.79 Å². The number of nitrogens with one attached hydrogen (secondary N) is 1. The van der Waals surface area contributed by atoms with Gasteiger partial charge in [-0.15, -0.1) is 12.4 Å². The summed E-state index contributed by atoms with van der Waals surface area (Å²) >= 11 is 3.92. The number of thioether (sulfide) groups is 2. The molecule has 0 aromatic carbocycles. The van der Waals surface area contributed by atoms with E-state index in [4.69, 9.17) is 10.5 Å². The first-order valence-corrected chi connectivity index (χ1v) is 8.25. The Kier molecular flexibility index (Phi) is 7.16. The minimum absolute atomic E-state index is 0. The lowest BCUT2D eigenvalue weighted by molar-refractivity contribution is -0.129. The predicted octanol–water partition coefficient (Wildman–Crippen LogP) is 0.881. The van der Waals surface area contributed by atoms with Crippen LogP contribution >= 0.6 is 35.9 Å². The van der Waals surface area contributed by atoms with Crippen LogP contribution in [0.5, 0.6) is 0 Å². The van der Waals surface area contributed by atoms with E-state index in [0.29, 0.717) is 31.3 Å². The number of carbonyl (C=O) groups is 1. The number of hydrogen-bond acceptors (Lipinski definition) is 5. The van der Waals surface area contributed by atoms with E-state index in [0.717, 1.165) is 12.3 Å². The minimum atomic E-state index is -0.704. The Balaban J connectivity index is 0.00000162. The van der Waals surface area contributed by atoms with Crippen molar-refractivity contribution >= 4 is 41.8 Å². The maximum absolute atomic E-state index is 12.1. The van der Waals surface area contributed by atoms with Crippen LogP contribution in [0.3, 0.4) is 0 Å². The zero-order chi connectivity index (χ0) is 12.1. The molecule has 106 valence electrons. The van der Waals surface area contributed by atoms with Crippen LogP contribution in [0.2, 0.25) is 0 Å². The van der Waals surface area contributed by atoms with Gasteiger partial charge in [0.1, 0.15) is 0 Å². The highest BCUT2D eigenvalue weighted by atomic mass is 35.5. The van der Waals surface area contributed by atoms with Crippen molar-refractivity contribution in [3.05, 3.63) is 0 Å². The highest BCUT2D eigenvalue weighted by Crippen LogP contribution is 2.24.